The molecule has 0 saturated heterocycles. The fraction of sp³-hybridized carbons (Fsp3) is 0.294. The van der Waals surface area contributed by atoms with E-state index in [2.05, 4.69) is 4.98 Å². The van der Waals surface area contributed by atoms with Crippen molar-refractivity contribution in [2.75, 3.05) is 7.05 Å². The second kappa shape index (κ2) is 10.2. The minimum absolute atomic E-state index is 0. The Morgan fingerprint density at radius 2 is 1.74 bits per heavy atom. The third kappa shape index (κ3) is 5.82. The summed E-state index contributed by atoms with van der Waals surface area (Å²) in [6, 6.07) is 15.1. The third-order valence-corrected chi connectivity index (χ3v) is 3.61. The largest absolute Gasteiger partial charge is 0.340 e. The second-order valence-corrected chi connectivity index (χ2v) is 5.24. The van der Waals surface area contributed by atoms with Crippen LogP contribution in [0.25, 0.3) is 0 Å². The van der Waals surface area contributed by atoms with Gasteiger partial charge < -0.3 is 10.6 Å². The number of halogens is 2. The zero-order valence-corrected chi connectivity index (χ0v) is 14.9. The van der Waals surface area contributed by atoms with Crippen LogP contribution in [0.15, 0.2) is 54.7 Å². The summed E-state index contributed by atoms with van der Waals surface area (Å²) >= 11 is 0. The maximum Gasteiger partial charge on any atom is 0.227 e. The van der Waals surface area contributed by atoms with Gasteiger partial charge in [-0.3, -0.25) is 9.78 Å². The first kappa shape index (κ1) is 21.4. The van der Waals surface area contributed by atoms with Gasteiger partial charge in [0.15, 0.2) is 0 Å². The number of carbonyl (C=O) groups excluding carboxylic acids is 1. The summed E-state index contributed by atoms with van der Waals surface area (Å²) in [5.41, 5.74) is 8.05. The van der Waals surface area contributed by atoms with Crippen molar-refractivity contribution < 1.29 is 4.79 Å². The monoisotopic (exact) mass is 355 g/mol. The molecule has 2 N–H and O–H groups in total. The van der Waals surface area contributed by atoms with Gasteiger partial charge in [0.25, 0.3) is 0 Å². The van der Waals surface area contributed by atoms with Gasteiger partial charge in [0.1, 0.15) is 0 Å². The van der Waals surface area contributed by atoms with Crippen LogP contribution >= 0.6 is 24.8 Å². The topological polar surface area (TPSA) is 59.2 Å². The number of pyridine rings is 1. The van der Waals surface area contributed by atoms with Crippen molar-refractivity contribution in [3.63, 3.8) is 0 Å². The lowest BCUT2D eigenvalue weighted by molar-refractivity contribution is -0.134. The molecule has 0 aliphatic carbocycles. The molecule has 0 aliphatic rings. The van der Waals surface area contributed by atoms with E-state index in [-0.39, 0.29) is 42.7 Å². The van der Waals surface area contributed by atoms with Gasteiger partial charge in [-0.05, 0) is 17.7 Å². The number of nitrogens with zero attached hydrogens (tertiary/aromatic N) is 2. The lowest BCUT2D eigenvalue weighted by Gasteiger charge is -2.25. The van der Waals surface area contributed by atoms with Crippen LogP contribution in [-0.2, 0) is 11.3 Å². The van der Waals surface area contributed by atoms with Crippen LogP contribution < -0.4 is 5.73 Å². The molecule has 0 radical (unpaired) electrons. The molecule has 1 heterocycles. The van der Waals surface area contributed by atoms with Gasteiger partial charge in [0.05, 0.1) is 18.2 Å². The van der Waals surface area contributed by atoms with Crippen LogP contribution in [-0.4, -0.2) is 22.8 Å². The number of rotatable bonds is 5. The number of nitrogens with two attached hydrogens (primary N) is 1. The molecule has 1 amide bonds. The highest BCUT2D eigenvalue weighted by molar-refractivity contribution is 5.85. The lowest BCUT2D eigenvalue weighted by atomic mass is 9.94. The average molecular weight is 356 g/mol. The molecule has 1 aromatic heterocycles. The average Bonchev–Trinajstić information content (AvgIpc) is 2.54. The van der Waals surface area contributed by atoms with Crippen molar-refractivity contribution in [3.05, 3.63) is 66.0 Å². The molecule has 2 rings (SSSR count). The van der Waals surface area contributed by atoms with E-state index < -0.39 is 0 Å². The maximum atomic E-state index is 12.5. The molecule has 126 valence electrons. The molecule has 0 saturated carbocycles. The van der Waals surface area contributed by atoms with Crippen molar-refractivity contribution in [2.24, 2.45) is 11.7 Å². The predicted octanol–water partition coefficient (Wildman–Crippen LogP) is 3.22. The minimum atomic E-state index is -0.301. The number of hydrogen-bond donors (Lipinski definition) is 1. The molecule has 0 aliphatic heterocycles. The van der Waals surface area contributed by atoms with E-state index in [1.54, 1.807) is 18.1 Å². The van der Waals surface area contributed by atoms with E-state index >= 15 is 0 Å². The van der Waals surface area contributed by atoms with Gasteiger partial charge in [-0.15, -0.1) is 24.8 Å². The highest BCUT2D eigenvalue weighted by Gasteiger charge is 2.25. The van der Waals surface area contributed by atoms with Gasteiger partial charge >= 0.3 is 0 Å². The molecule has 2 atom stereocenters. The van der Waals surface area contributed by atoms with Gasteiger partial charge in [-0.2, -0.15) is 0 Å². The Balaban J connectivity index is 0.00000242. The van der Waals surface area contributed by atoms with Crippen LogP contribution in [0.2, 0.25) is 0 Å². The van der Waals surface area contributed by atoms with Crippen molar-refractivity contribution >= 4 is 30.7 Å². The van der Waals surface area contributed by atoms with Crippen LogP contribution in [0.4, 0.5) is 0 Å². The Morgan fingerprint density at radius 1 is 1.13 bits per heavy atom. The first-order chi connectivity index (χ1) is 10.1. The first-order valence-electron chi connectivity index (χ1n) is 7.05. The zero-order chi connectivity index (χ0) is 15.2. The Kier molecular flexibility index (Phi) is 9.49. The number of benzene rings is 1. The maximum absolute atomic E-state index is 12.5. The van der Waals surface area contributed by atoms with E-state index in [4.69, 9.17) is 5.73 Å². The molecule has 0 fully saturated rings. The number of carbonyl (C=O) groups is 1. The highest BCUT2D eigenvalue weighted by Crippen LogP contribution is 2.21. The molecule has 6 heteroatoms. The van der Waals surface area contributed by atoms with E-state index in [0.29, 0.717) is 6.54 Å². The summed E-state index contributed by atoms with van der Waals surface area (Å²) in [6.45, 7) is 2.36. The summed E-state index contributed by atoms with van der Waals surface area (Å²) in [7, 11) is 1.78. The summed E-state index contributed by atoms with van der Waals surface area (Å²) in [6.07, 6.45) is 1.73. The van der Waals surface area contributed by atoms with Crippen molar-refractivity contribution in [3.8, 4) is 0 Å². The molecule has 1 aromatic carbocycles. The standard InChI is InChI=1S/C17H21N3O.2ClH/c1-13(16(18)14-8-4-3-5-9-14)17(21)20(2)12-15-10-6-7-11-19-15;;/h3-11,13,16H,12,18H2,1-2H3;2*1H. The minimum Gasteiger partial charge on any atom is -0.340 e. The SMILES string of the molecule is CC(C(=O)N(C)Cc1ccccn1)C(N)c1ccccc1.Cl.Cl. The van der Waals surface area contributed by atoms with Crippen molar-refractivity contribution in [1.29, 1.82) is 0 Å². The van der Waals surface area contributed by atoms with Crippen LogP contribution in [0.1, 0.15) is 24.2 Å². The second-order valence-electron chi connectivity index (χ2n) is 5.24. The highest BCUT2D eigenvalue weighted by atomic mass is 35.5. The molecule has 2 unspecified atom stereocenters. The molecule has 0 bridgehead atoms. The quantitative estimate of drug-likeness (QED) is 0.895. The molecular formula is C17H23Cl2N3O. The summed E-state index contributed by atoms with van der Waals surface area (Å²) in [5, 5.41) is 0. The summed E-state index contributed by atoms with van der Waals surface area (Å²) in [5.74, 6) is -0.252. The first-order valence-corrected chi connectivity index (χ1v) is 7.05. The van der Waals surface area contributed by atoms with E-state index in [0.717, 1.165) is 11.3 Å². The zero-order valence-electron chi connectivity index (χ0n) is 13.3. The normalized spacial score (nSPS) is 12.3. The number of amides is 1. The number of aromatic nitrogens is 1. The predicted molar refractivity (Wildman–Crippen MR) is 97.7 cm³/mol. The van der Waals surface area contributed by atoms with Crippen LogP contribution in [0.3, 0.4) is 0 Å². The molecule has 0 spiro atoms. The molecule has 4 nitrogen and oxygen atoms in total. The number of hydrogen-bond acceptors (Lipinski definition) is 3. The Hall–Kier alpha value is -1.62. The fourth-order valence-electron chi connectivity index (χ4n) is 2.28. The Bertz CT molecular complexity index is 581. The van der Waals surface area contributed by atoms with E-state index in [1.807, 2.05) is 55.5 Å². The van der Waals surface area contributed by atoms with Crippen LogP contribution in [0, 0.1) is 5.92 Å². The summed E-state index contributed by atoms with van der Waals surface area (Å²) in [4.78, 5) is 18.4. The molecule has 23 heavy (non-hydrogen) atoms. The van der Waals surface area contributed by atoms with Gasteiger partial charge in [-0.1, -0.05) is 43.3 Å². The van der Waals surface area contributed by atoms with Gasteiger partial charge in [-0.25, -0.2) is 0 Å². The fourth-order valence-corrected chi connectivity index (χ4v) is 2.28. The van der Waals surface area contributed by atoms with Crippen molar-refractivity contribution in [1.82, 2.24) is 9.88 Å². The van der Waals surface area contributed by atoms with Crippen molar-refractivity contribution in [2.45, 2.75) is 19.5 Å². The lowest BCUT2D eigenvalue weighted by Crippen LogP contribution is -2.36. The van der Waals surface area contributed by atoms with Crippen LogP contribution in [0.5, 0.6) is 0 Å². The molecular weight excluding hydrogens is 333 g/mol. The summed E-state index contributed by atoms with van der Waals surface area (Å²) < 4.78 is 0. The van der Waals surface area contributed by atoms with E-state index in [1.165, 1.54) is 0 Å². The Morgan fingerprint density at radius 3 is 2.30 bits per heavy atom. The third-order valence-electron chi connectivity index (χ3n) is 3.61. The molecule has 2 aromatic rings. The van der Waals surface area contributed by atoms with Gasteiger partial charge in [0, 0.05) is 19.3 Å². The smallest absolute Gasteiger partial charge is 0.227 e. The van der Waals surface area contributed by atoms with E-state index in [9.17, 15) is 4.79 Å². The Labute approximate surface area is 149 Å². The van der Waals surface area contributed by atoms with Gasteiger partial charge in [0.2, 0.25) is 5.91 Å².